The van der Waals surface area contributed by atoms with Crippen LogP contribution in [0, 0.1) is 6.92 Å². The fourth-order valence-corrected chi connectivity index (χ4v) is 2.26. The quantitative estimate of drug-likeness (QED) is 0.931. The van der Waals surface area contributed by atoms with Gasteiger partial charge in [0.25, 0.3) is 0 Å². The molecule has 19 heavy (non-hydrogen) atoms. The summed E-state index contributed by atoms with van der Waals surface area (Å²) in [6.45, 7) is 2.60. The number of benzene rings is 1. The lowest BCUT2D eigenvalue weighted by atomic mass is 10.2. The van der Waals surface area contributed by atoms with Crippen molar-refractivity contribution in [2.45, 2.75) is 18.4 Å². The van der Waals surface area contributed by atoms with E-state index in [2.05, 4.69) is 10.3 Å². The van der Waals surface area contributed by atoms with Crippen LogP contribution in [-0.2, 0) is 16.4 Å². The van der Waals surface area contributed by atoms with Gasteiger partial charge in [0.05, 0.1) is 4.90 Å². The van der Waals surface area contributed by atoms with Crippen LogP contribution < -0.4 is 5.32 Å². The van der Waals surface area contributed by atoms with Gasteiger partial charge in [-0.25, -0.2) is 8.42 Å². The van der Waals surface area contributed by atoms with Crippen molar-refractivity contribution in [2.24, 2.45) is 0 Å². The predicted octanol–water partition coefficient (Wildman–Crippen LogP) is 2.41. The van der Waals surface area contributed by atoms with E-state index in [1.54, 1.807) is 24.3 Å². The third-order valence-electron chi connectivity index (χ3n) is 2.75. The van der Waals surface area contributed by atoms with Gasteiger partial charge in [0, 0.05) is 30.4 Å². The van der Waals surface area contributed by atoms with Crippen LogP contribution in [-0.4, -0.2) is 19.7 Å². The molecular formula is C14H16N2O2S. The number of aromatic nitrogens is 1. The number of hydrogen-bond acceptors (Lipinski definition) is 4. The number of sulfone groups is 1. The third-order valence-corrected chi connectivity index (χ3v) is 3.88. The summed E-state index contributed by atoms with van der Waals surface area (Å²) in [4.78, 5) is 4.55. The second-order valence-corrected chi connectivity index (χ2v) is 6.47. The predicted molar refractivity (Wildman–Crippen MR) is 75.9 cm³/mol. The van der Waals surface area contributed by atoms with E-state index in [-0.39, 0.29) is 0 Å². The van der Waals surface area contributed by atoms with Crippen molar-refractivity contribution in [3.05, 3.63) is 53.9 Å². The minimum Gasteiger partial charge on any atom is -0.381 e. The van der Waals surface area contributed by atoms with Gasteiger partial charge in [-0.1, -0.05) is 6.07 Å². The molecular weight excluding hydrogens is 260 g/mol. The molecule has 2 aromatic rings. The Hall–Kier alpha value is -1.88. The number of anilines is 1. The highest BCUT2D eigenvalue weighted by atomic mass is 32.2. The molecule has 1 heterocycles. The molecule has 0 saturated carbocycles. The zero-order valence-electron chi connectivity index (χ0n) is 10.9. The lowest BCUT2D eigenvalue weighted by Crippen LogP contribution is -2.01. The number of nitrogens with zero attached hydrogens (tertiary/aromatic N) is 1. The Morgan fingerprint density at radius 3 is 2.32 bits per heavy atom. The van der Waals surface area contributed by atoms with E-state index in [4.69, 9.17) is 0 Å². The van der Waals surface area contributed by atoms with E-state index in [9.17, 15) is 8.42 Å². The van der Waals surface area contributed by atoms with Crippen LogP contribution in [0.15, 0.2) is 47.5 Å². The molecule has 0 amide bonds. The summed E-state index contributed by atoms with van der Waals surface area (Å²) in [5, 5.41) is 3.22. The van der Waals surface area contributed by atoms with E-state index in [0.717, 1.165) is 16.9 Å². The smallest absolute Gasteiger partial charge is 0.175 e. The van der Waals surface area contributed by atoms with Crippen LogP contribution in [0.3, 0.4) is 0 Å². The van der Waals surface area contributed by atoms with Crippen LogP contribution in [0.2, 0.25) is 0 Å². The van der Waals surface area contributed by atoms with Crippen LogP contribution in [0.25, 0.3) is 0 Å². The summed E-state index contributed by atoms with van der Waals surface area (Å²) in [5.74, 6) is 0. The van der Waals surface area contributed by atoms with Crippen molar-refractivity contribution in [1.82, 2.24) is 4.98 Å². The molecule has 1 N–H and O–H groups in total. The molecule has 1 aromatic heterocycles. The van der Waals surface area contributed by atoms with Gasteiger partial charge in [-0.15, -0.1) is 0 Å². The maximum Gasteiger partial charge on any atom is 0.175 e. The molecule has 0 aliphatic carbocycles. The molecule has 2 rings (SSSR count). The number of hydrogen-bond donors (Lipinski definition) is 1. The minimum absolute atomic E-state index is 0.329. The summed E-state index contributed by atoms with van der Waals surface area (Å²) in [7, 11) is -3.13. The Morgan fingerprint density at radius 1 is 1.11 bits per heavy atom. The molecule has 0 radical (unpaired) electrons. The van der Waals surface area contributed by atoms with Gasteiger partial charge >= 0.3 is 0 Å². The maximum absolute atomic E-state index is 11.3. The first-order chi connectivity index (χ1) is 8.95. The van der Waals surface area contributed by atoms with E-state index < -0.39 is 9.84 Å². The van der Waals surface area contributed by atoms with Gasteiger partial charge in [0.2, 0.25) is 0 Å². The third kappa shape index (κ3) is 3.79. The molecule has 5 heteroatoms. The van der Waals surface area contributed by atoms with Gasteiger partial charge in [0.15, 0.2) is 9.84 Å². The van der Waals surface area contributed by atoms with Gasteiger partial charge < -0.3 is 5.32 Å². The average Bonchev–Trinajstić information content (AvgIpc) is 2.37. The zero-order chi connectivity index (χ0) is 13.9. The number of pyridine rings is 1. The van der Waals surface area contributed by atoms with E-state index in [1.165, 1.54) is 6.26 Å². The summed E-state index contributed by atoms with van der Waals surface area (Å²) >= 11 is 0. The number of rotatable bonds is 4. The summed E-state index contributed by atoms with van der Waals surface area (Å²) < 4.78 is 22.7. The van der Waals surface area contributed by atoms with E-state index >= 15 is 0 Å². The monoisotopic (exact) mass is 276 g/mol. The Bertz CT molecular complexity index is 647. The highest BCUT2D eigenvalue weighted by molar-refractivity contribution is 7.90. The highest BCUT2D eigenvalue weighted by Crippen LogP contribution is 2.14. The Labute approximate surface area is 113 Å². The molecule has 0 aliphatic rings. The van der Waals surface area contributed by atoms with Crippen molar-refractivity contribution < 1.29 is 8.42 Å². The van der Waals surface area contributed by atoms with Gasteiger partial charge in [0.1, 0.15) is 0 Å². The van der Waals surface area contributed by atoms with Crippen LogP contribution in [0.5, 0.6) is 0 Å². The molecule has 0 bridgehead atoms. The van der Waals surface area contributed by atoms with Crippen molar-refractivity contribution in [3.63, 3.8) is 0 Å². The lowest BCUT2D eigenvalue weighted by Gasteiger charge is -2.07. The largest absolute Gasteiger partial charge is 0.381 e. The fourth-order valence-electron chi connectivity index (χ4n) is 1.63. The summed E-state index contributed by atoms with van der Waals surface area (Å²) in [6, 6.07) is 10.7. The Kier molecular flexibility index (Phi) is 3.85. The average molecular weight is 276 g/mol. The summed E-state index contributed by atoms with van der Waals surface area (Å²) in [6.07, 6.45) is 3.03. The van der Waals surface area contributed by atoms with Crippen molar-refractivity contribution in [2.75, 3.05) is 11.6 Å². The first kappa shape index (κ1) is 13.5. The minimum atomic E-state index is -3.13. The van der Waals surface area contributed by atoms with E-state index in [0.29, 0.717) is 11.4 Å². The summed E-state index contributed by atoms with van der Waals surface area (Å²) in [5.41, 5.74) is 2.95. The molecule has 1 aromatic carbocycles. The Balaban J connectivity index is 2.02. The van der Waals surface area contributed by atoms with Gasteiger partial charge in [-0.05, 0) is 42.8 Å². The first-order valence-electron chi connectivity index (χ1n) is 5.91. The van der Waals surface area contributed by atoms with Crippen LogP contribution in [0.1, 0.15) is 11.3 Å². The molecule has 0 spiro atoms. The van der Waals surface area contributed by atoms with Gasteiger partial charge in [-0.3, -0.25) is 4.98 Å². The molecule has 0 unspecified atom stereocenters. The fraction of sp³-hybridized carbons (Fsp3) is 0.214. The first-order valence-corrected chi connectivity index (χ1v) is 7.80. The second-order valence-electron chi connectivity index (χ2n) is 4.46. The van der Waals surface area contributed by atoms with E-state index in [1.807, 2.05) is 25.3 Å². The molecule has 100 valence electrons. The normalized spacial score (nSPS) is 11.3. The maximum atomic E-state index is 11.3. The molecule has 0 aliphatic heterocycles. The zero-order valence-corrected chi connectivity index (χ0v) is 11.7. The van der Waals surface area contributed by atoms with Gasteiger partial charge in [-0.2, -0.15) is 0 Å². The molecule has 0 saturated heterocycles. The standard InChI is InChI=1S/C14H16N2O2S/c1-11-3-4-12(9-15-11)10-16-13-5-7-14(8-6-13)19(2,17)18/h3-9,16H,10H2,1-2H3. The lowest BCUT2D eigenvalue weighted by molar-refractivity contribution is 0.602. The highest BCUT2D eigenvalue weighted by Gasteiger charge is 2.05. The molecule has 0 fully saturated rings. The van der Waals surface area contributed by atoms with Crippen molar-refractivity contribution in [1.29, 1.82) is 0 Å². The topological polar surface area (TPSA) is 59.1 Å². The van der Waals surface area contributed by atoms with Crippen LogP contribution in [0.4, 0.5) is 5.69 Å². The van der Waals surface area contributed by atoms with Crippen LogP contribution >= 0.6 is 0 Å². The SMILES string of the molecule is Cc1ccc(CNc2ccc(S(C)(=O)=O)cc2)cn1. The number of aryl methyl sites for hydroxylation is 1. The molecule has 4 nitrogen and oxygen atoms in total. The number of nitrogens with one attached hydrogen (secondary N) is 1. The second kappa shape index (κ2) is 5.40. The van der Waals surface area contributed by atoms with Crippen molar-refractivity contribution in [3.8, 4) is 0 Å². The molecule has 0 atom stereocenters. The Morgan fingerprint density at radius 2 is 1.79 bits per heavy atom. The van der Waals surface area contributed by atoms with Crippen molar-refractivity contribution >= 4 is 15.5 Å².